The predicted octanol–water partition coefficient (Wildman–Crippen LogP) is 2.68. The lowest BCUT2D eigenvalue weighted by molar-refractivity contribution is -0.896. The summed E-state index contributed by atoms with van der Waals surface area (Å²) in [5.74, 6) is -0.839. The molecule has 1 fully saturated rings. The van der Waals surface area contributed by atoms with Gasteiger partial charge in [0.05, 0.1) is 39.4 Å². The first kappa shape index (κ1) is 27.6. The summed E-state index contributed by atoms with van der Waals surface area (Å²) >= 11 is 5.99. The number of ketones is 1. The highest BCUT2D eigenvalue weighted by Crippen LogP contribution is 2.41. The first-order chi connectivity index (χ1) is 17.4. The number of methoxy groups -OCH3 is 1. The molecule has 1 unspecified atom stereocenters. The van der Waals surface area contributed by atoms with E-state index in [1.165, 1.54) is 16.9 Å². The molecule has 0 spiro atoms. The Morgan fingerprint density at radius 2 is 1.75 bits per heavy atom. The molecule has 0 radical (unpaired) electrons. The van der Waals surface area contributed by atoms with Crippen LogP contribution in [-0.4, -0.2) is 56.5 Å². The van der Waals surface area contributed by atoms with Gasteiger partial charge in [0.25, 0.3) is 5.91 Å². The van der Waals surface area contributed by atoms with Gasteiger partial charge in [0.2, 0.25) is 5.78 Å². The molecule has 0 saturated carbocycles. The van der Waals surface area contributed by atoms with E-state index in [0.717, 1.165) is 26.1 Å². The van der Waals surface area contributed by atoms with Crippen molar-refractivity contribution >= 4 is 29.1 Å². The number of nitrogens with zero attached hydrogens (tertiary/aromatic N) is 1. The van der Waals surface area contributed by atoms with Crippen molar-refractivity contribution in [1.29, 1.82) is 0 Å². The van der Waals surface area contributed by atoms with Crippen LogP contribution >= 0.6 is 11.6 Å². The van der Waals surface area contributed by atoms with E-state index in [4.69, 9.17) is 21.1 Å². The van der Waals surface area contributed by atoms with Crippen LogP contribution in [0.5, 0.6) is 11.5 Å². The van der Waals surface area contributed by atoms with E-state index in [0.29, 0.717) is 47.2 Å². The Bertz CT molecular complexity index is 1100. The Morgan fingerprint density at radius 1 is 1.06 bits per heavy atom. The molecule has 0 bridgehead atoms. The fourth-order valence-corrected chi connectivity index (χ4v) is 4.62. The van der Waals surface area contributed by atoms with E-state index in [2.05, 4.69) is 13.8 Å². The number of carbonyl (C=O) groups excluding carboxylic acids is 2. The van der Waals surface area contributed by atoms with Gasteiger partial charge >= 0.3 is 0 Å². The summed E-state index contributed by atoms with van der Waals surface area (Å²) in [7, 11) is 1.54. The summed E-state index contributed by atoms with van der Waals surface area (Å²) in [5, 5.41) is 14.0. The van der Waals surface area contributed by atoms with E-state index < -0.39 is 23.5 Å². The zero-order valence-corrected chi connectivity index (χ0v) is 22.2. The van der Waals surface area contributed by atoms with Gasteiger partial charge < -0.3 is 24.4 Å². The number of rotatable bonds is 12. The van der Waals surface area contributed by atoms with Gasteiger partial charge in [-0.25, -0.2) is 0 Å². The van der Waals surface area contributed by atoms with Gasteiger partial charge in [-0.15, -0.1) is 0 Å². The van der Waals surface area contributed by atoms with E-state index in [1.54, 1.807) is 42.5 Å². The van der Waals surface area contributed by atoms with Crippen molar-refractivity contribution in [2.45, 2.75) is 39.7 Å². The maximum atomic E-state index is 13.5. The highest BCUT2D eigenvalue weighted by atomic mass is 35.5. The number of hydrogen-bond acceptors (Lipinski definition) is 5. The van der Waals surface area contributed by atoms with Crippen LogP contribution < -0.4 is 19.5 Å². The molecule has 1 aliphatic heterocycles. The van der Waals surface area contributed by atoms with Crippen molar-refractivity contribution in [3.8, 4) is 11.5 Å². The molecule has 2 aromatic carbocycles. The topological polar surface area (TPSA) is 83.3 Å². The molecule has 1 N–H and O–H groups in total. The third-order valence-electron chi connectivity index (χ3n) is 6.53. The molecule has 8 heteroatoms. The van der Waals surface area contributed by atoms with E-state index in [1.807, 2.05) is 6.92 Å². The number of carbonyl (C=O) groups is 2. The number of amides is 1. The summed E-state index contributed by atoms with van der Waals surface area (Å²) in [6, 6.07) is 10.8. The average Bonchev–Trinajstić information content (AvgIpc) is 3.14. The number of nitrogens with one attached hydrogen (secondary N) is 1. The van der Waals surface area contributed by atoms with Crippen molar-refractivity contribution < 1.29 is 29.1 Å². The first-order valence-electron chi connectivity index (χ1n) is 12.5. The van der Waals surface area contributed by atoms with E-state index in [9.17, 15) is 14.7 Å². The van der Waals surface area contributed by atoms with Gasteiger partial charge in [-0.05, 0) is 55.7 Å². The van der Waals surface area contributed by atoms with Gasteiger partial charge in [0, 0.05) is 23.6 Å². The van der Waals surface area contributed by atoms with Crippen LogP contribution in [0.4, 0.5) is 0 Å². The SMILES string of the molecule is CCCOc1ccc(C2C(=C([O-])c3ccc(Cl)cc3)C(=O)C(=O)N2CCC[NH+](CC)CC)cc1OC. The fourth-order valence-electron chi connectivity index (χ4n) is 4.49. The highest BCUT2D eigenvalue weighted by molar-refractivity contribution is 6.46. The van der Waals surface area contributed by atoms with Crippen molar-refractivity contribution in [2.75, 3.05) is 39.9 Å². The van der Waals surface area contributed by atoms with Crippen molar-refractivity contribution in [3.05, 3.63) is 64.2 Å². The summed E-state index contributed by atoms with van der Waals surface area (Å²) in [6.07, 6.45) is 1.55. The Balaban J connectivity index is 2.07. The summed E-state index contributed by atoms with van der Waals surface area (Å²) < 4.78 is 11.3. The van der Waals surface area contributed by atoms with Gasteiger partial charge in [0.15, 0.2) is 11.5 Å². The molecule has 1 amide bonds. The molecule has 1 heterocycles. The molecule has 2 aromatic rings. The van der Waals surface area contributed by atoms with Crippen LogP contribution in [-0.2, 0) is 9.59 Å². The van der Waals surface area contributed by atoms with Gasteiger partial charge in [0.1, 0.15) is 0 Å². The number of likely N-dealkylation sites (tertiary alicyclic amines) is 1. The number of halogens is 1. The molecular formula is C28H35ClN2O5. The van der Waals surface area contributed by atoms with Crippen LogP contribution in [0.2, 0.25) is 5.02 Å². The number of Topliss-reactive ketones (excluding diaryl/α,β-unsaturated/α-hetero) is 1. The summed E-state index contributed by atoms with van der Waals surface area (Å²) in [5.41, 5.74) is 0.883. The minimum Gasteiger partial charge on any atom is -0.872 e. The van der Waals surface area contributed by atoms with Crippen LogP contribution in [0.25, 0.3) is 5.76 Å². The molecule has 194 valence electrons. The molecule has 0 aromatic heterocycles. The smallest absolute Gasteiger partial charge is 0.295 e. The molecule has 3 rings (SSSR count). The number of hydrogen-bond donors (Lipinski definition) is 1. The van der Waals surface area contributed by atoms with Crippen LogP contribution in [0, 0.1) is 0 Å². The van der Waals surface area contributed by atoms with Crippen LogP contribution in [0.15, 0.2) is 48.0 Å². The quantitative estimate of drug-likeness (QED) is 0.267. The molecule has 36 heavy (non-hydrogen) atoms. The molecule has 0 aliphatic carbocycles. The molecular weight excluding hydrogens is 480 g/mol. The zero-order valence-electron chi connectivity index (χ0n) is 21.4. The second-order valence-corrected chi connectivity index (χ2v) is 9.24. The summed E-state index contributed by atoms with van der Waals surface area (Å²) in [4.78, 5) is 29.3. The van der Waals surface area contributed by atoms with E-state index >= 15 is 0 Å². The third-order valence-corrected chi connectivity index (χ3v) is 6.78. The Labute approximate surface area is 218 Å². The van der Waals surface area contributed by atoms with Gasteiger partial charge in [-0.1, -0.05) is 42.5 Å². The number of benzene rings is 2. The van der Waals surface area contributed by atoms with Gasteiger partial charge in [-0.3, -0.25) is 9.59 Å². The average molecular weight is 515 g/mol. The van der Waals surface area contributed by atoms with Crippen LogP contribution in [0.3, 0.4) is 0 Å². The first-order valence-corrected chi connectivity index (χ1v) is 12.9. The molecule has 1 aliphatic rings. The Kier molecular flexibility index (Phi) is 9.79. The maximum Gasteiger partial charge on any atom is 0.295 e. The predicted molar refractivity (Wildman–Crippen MR) is 138 cm³/mol. The lowest BCUT2D eigenvalue weighted by Crippen LogP contribution is -3.11. The standard InChI is InChI=1S/C28H35ClN2O5/c1-5-17-36-22-14-11-20(18-23(22)35-4)25-24(26(32)19-9-12-21(29)13-10-19)27(33)28(34)31(25)16-8-15-30(6-2)7-3/h9-14,18,25,32H,5-8,15-17H2,1-4H3. The monoisotopic (exact) mass is 514 g/mol. The maximum absolute atomic E-state index is 13.5. The second-order valence-electron chi connectivity index (χ2n) is 8.80. The number of ether oxygens (including phenoxy) is 2. The molecule has 7 nitrogen and oxygen atoms in total. The lowest BCUT2D eigenvalue weighted by atomic mass is 9.95. The van der Waals surface area contributed by atoms with Crippen molar-refractivity contribution in [3.63, 3.8) is 0 Å². The fraction of sp³-hybridized carbons (Fsp3) is 0.429. The van der Waals surface area contributed by atoms with Crippen LogP contribution in [0.1, 0.15) is 50.8 Å². The highest BCUT2D eigenvalue weighted by Gasteiger charge is 2.44. The largest absolute Gasteiger partial charge is 0.872 e. The minimum atomic E-state index is -0.811. The lowest BCUT2D eigenvalue weighted by Gasteiger charge is -2.28. The molecule has 1 atom stereocenters. The van der Waals surface area contributed by atoms with E-state index in [-0.39, 0.29) is 5.57 Å². The van der Waals surface area contributed by atoms with Crippen molar-refractivity contribution in [2.24, 2.45) is 0 Å². The van der Waals surface area contributed by atoms with Gasteiger partial charge in [-0.2, -0.15) is 0 Å². The second kappa shape index (κ2) is 12.8. The third kappa shape index (κ3) is 6.02. The zero-order chi connectivity index (χ0) is 26.2. The minimum absolute atomic E-state index is 0.0539. The Hall–Kier alpha value is -3.03. The Morgan fingerprint density at radius 3 is 2.36 bits per heavy atom. The van der Waals surface area contributed by atoms with Crippen molar-refractivity contribution in [1.82, 2.24) is 4.90 Å². The number of quaternary nitrogens is 1. The summed E-state index contributed by atoms with van der Waals surface area (Å²) in [6.45, 7) is 9.98. The molecule has 1 saturated heterocycles. The normalized spacial score (nSPS) is 17.2.